The van der Waals surface area contributed by atoms with Crippen molar-refractivity contribution in [1.29, 1.82) is 0 Å². The number of nitrogens with one attached hydrogen (secondary N) is 1. The van der Waals surface area contributed by atoms with Crippen molar-refractivity contribution in [1.82, 2.24) is 15.3 Å². The minimum atomic E-state index is -0.159. The van der Waals surface area contributed by atoms with Gasteiger partial charge in [-0.2, -0.15) is 4.98 Å². The standard InChI is InChI=1S/C27H25N3O3/c1-18-10-12-20(13-11-18)19(2)29-27(31)22-7-4-6-21(16-22)26-28-15-14-25(30-26)33-24-9-5-8-23(17-24)32-3/h4-17,19H,1-3H3,(H,29,31)/t19-/m0/s1. The molecule has 1 atom stereocenters. The molecule has 1 aromatic heterocycles. The van der Waals surface area contributed by atoms with Gasteiger partial charge in [0.1, 0.15) is 11.5 Å². The first kappa shape index (κ1) is 22.0. The highest BCUT2D eigenvalue weighted by Crippen LogP contribution is 2.25. The number of amides is 1. The summed E-state index contributed by atoms with van der Waals surface area (Å²) in [5.41, 5.74) is 3.49. The first-order chi connectivity index (χ1) is 16.0. The third-order valence-electron chi connectivity index (χ3n) is 5.20. The molecule has 0 bridgehead atoms. The van der Waals surface area contributed by atoms with Crippen LogP contribution < -0.4 is 14.8 Å². The average Bonchev–Trinajstić information content (AvgIpc) is 2.85. The first-order valence-corrected chi connectivity index (χ1v) is 10.6. The van der Waals surface area contributed by atoms with Crippen molar-refractivity contribution in [3.8, 4) is 28.8 Å². The van der Waals surface area contributed by atoms with Gasteiger partial charge in [0.25, 0.3) is 5.91 Å². The van der Waals surface area contributed by atoms with Crippen LogP contribution in [0.4, 0.5) is 0 Å². The Morgan fingerprint density at radius 1 is 0.939 bits per heavy atom. The normalized spacial score (nSPS) is 11.5. The maximum Gasteiger partial charge on any atom is 0.251 e. The molecule has 0 fully saturated rings. The number of aryl methyl sites for hydroxylation is 1. The quantitative estimate of drug-likeness (QED) is 0.397. The Kier molecular flexibility index (Phi) is 6.64. The monoisotopic (exact) mass is 439 g/mol. The van der Waals surface area contributed by atoms with Gasteiger partial charge in [0, 0.05) is 29.5 Å². The number of ether oxygens (including phenoxy) is 2. The molecule has 6 heteroatoms. The van der Waals surface area contributed by atoms with E-state index in [0.717, 1.165) is 11.1 Å². The fourth-order valence-electron chi connectivity index (χ4n) is 3.34. The molecule has 4 aromatic rings. The van der Waals surface area contributed by atoms with E-state index in [1.807, 2.05) is 68.4 Å². The Balaban J connectivity index is 1.50. The predicted octanol–water partition coefficient (Wildman–Crippen LogP) is 5.74. The molecule has 0 radical (unpaired) electrons. The Morgan fingerprint density at radius 2 is 1.70 bits per heavy atom. The summed E-state index contributed by atoms with van der Waals surface area (Å²) in [4.78, 5) is 21.7. The third-order valence-corrected chi connectivity index (χ3v) is 5.20. The van der Waals surface area contributed by atoms with Crippen LogP contribution in [0, 0.1) is 6.92 Å². The van der Waals surface area contributed by atoms with Gasteiger partial charge in [-0.15, -0.1) is 0 Å². The smallest absolute Gasteiger partial charge is 0.251 e. The summed E-state index contributed by atoms with van der Waals surface area (Å²) >= 11 is 0. The lowest BCUT2D eigenvalue weighted by molar-refractivity contribution is 0.0940. The van der Waals surface area contributed by atoms with Crippen LogP contribution in [-0.4, -0.2) is 23.0 Å². The van der Waals surface area contributed by atoms with E-state index < -0.39 is 0 Å². The summed E-state index contributed by atoms with van der Waals surface area (Å²) in [6.45, 7) is 4.01. The Hall–Kier alpha value is -4.19. The second-order valence-electron chi connectivity index (χ2n) is 7.69. The molecule has 0 unspecified atom stereocenters. The predicted molar refractivity (Wildman–Crippen MR) is 128 cm³/mol. The molecular formula is C27H25N3O3. The lowest BCUT2D eigenvalue weighted by Crippen LogP contribution is -2.26. The molecule has 166 valence electrons. The number of benzene rings is 3. The topological polar surface area (TPSA) is 73.3 Å². The van der Waals surface area contributed by atoms with Crippen molar-refractivity contribution in [2.75, 3.05) is 7.11 Å². The number of carbonyl (C=O) groups is 1. The molecule has 1 heterocycles. The van der Waals surface area contributed by atoms with Crippen molar-refractivity contribution >= 4 is 5.91 Å². The van der Waals surface area contributed by atoms with E-state index in [0.29, 0.717) is 28.8 Å². The molecule has 0 aliphatic carbocycles. The zero-order chi connectivity index (χ0) is 23.2. The fraction of sp³-hybridized carbons (Fsp3) is 0.148. The summed E-state index contributed by atoms with van der Waals surface area (Å²) in [6, 6.07) is 24.2. The summed E-state index contributed by atoms with van der Waals surface area (Å²) in [5, 5.41) is 3.05. The van der Waals surface area contributed by atoms with Gasteiger partial charge < -0.3 is 14.8 Å². The van der Waals surface area contributed by atoms with E-state index in [2.05, 4.69) is 15.3 Å². The zero-order valence-electron chi connectivity index (χ0n) is 18.8. The number of carbonyl (C=O) groups excluding carboxylic acids is 1. The maximum atomic E-state index is 12.9. The molecule has 6 nitrogen and oxygen atoms in total. The molecule has 3 aromatic carbocycles. The first-order valence-electron chi connectivity index (χ1n) is 10.6. The van der Waals surface area contributed by atoms with Crippen molar-refractivity contribution < 1.29 is 14.3 Å². The molecule has 0 aliphatic rings. The van der Waals surface area contributed by atoms with E-state index in [1.165, 1.54) is 5.56 Å². The van der Waals surface area contributed by atoms with Crippen molar-refractivity contribution in [3.05, 3.63) is 102 Å². The highest BCUT2D eigenvalue weighted by Gasteiger charge is 2.13. The Labute approximate surface area is 193 Å². The minimum absolute atomic E-state index is 0.113. The number of aromatic nitrogens is 2. The molecular weight excluding hydrogens is 414 g/mol. The highest BCUT2D eigenvalue weighted by molar-refractivity contribution is 5.95. The van der Waals surface area contributed by atoms with E-state index in [-0.39, 0.29) is 11.9 Å². The fourth-order valence-corrected chi connectivity index (χ4v) is 3.34. The number of nitrogens with zero attached hydrogens (tertiary/aromatic N) is 2. The van der Waals surface area contributed by atoms with E-state index in [4.69, 9.17) is 9.47 Å². The number of hydrogen-bond donors (Lipinski definition) is 1. The number of methoxy groups -OCH3 is 1. The van der Waals surface area contributed by atoms with Gasteiger partial charge in [-0.05, 0) is 43.7 Å². The molecule has 0 saturated carbocycles. The van der Waals surface area contributed by atoms with Crippen LogP contribution >= 0.6 is 0 Å². The van der Waals surface area contributed by atoms with Crippen LogP contribution in [0.1, 0.15) is 34.5 Å². The van der Waals surface area contributed by atoms with Crippen LogP contribution in [-0.2, 0) is 0 Å². The Bertz CT molecular complexity index is 1260. The lowest BCUT2D eigenvalue weighted by atomic mass is 10.1. The van der Waals surface area contributed by atoms with Gasteiger partial charge in [-0.25, -0.2) is 4.98 Å². The molecule has 1 N–H and O–H groups in total. The van der Waals surface area contributed by atoms with Gasteiger partial charge in [-0.3, -0.25) is 4.79 Å². The van der Waals surface area contributed by atoms with Gasteiger partial charge in [-0.1, -0.05) is 48.0 Å². The number of hydrogen-bond acceptors (Lipinski definition) is 5. The van der Waals surface area contributed by atoms with Crippen molar-refractivity contribution in [3.63, 3.8) is 0 Å². The number of rotatable bonds is 7. The zero-order valence-corrected chi connectivity index (χ0v) is 18.8. The van der Waals surface area contributed by atoms with Crippen LogP contribution in [0.5, 0.6) is 17.4 Å². The minimum Gasteiger partial charge on any atom is -0.497 e. The second kappa shape index (κ2) is 9.96. The molecule has 33 heavy (non-hydrogen) atoms. The average molecular weight is 440 g/mol. The van der Waals surface area contributed by atoms with Gasteiger partial charge >= 0.3 is 0 Å². The van der Waals surface area contributed by atoms with Gasteiger partial charge in [0.05, 0.1) is 13.2 Å². The lowest BCUT2D eigenvalue weighted by Gasteiger charge is -2.15. The van der Waals surface area contributed by atoms with Gasteiger partial charge in [0.2, 0.25) is 5.88 Å². The maximum absolute atomic E-state index is 12.9. The van der Waals surface area contributed by atoms with Crippen LogP contribution in [0.15, 0.2) is 85.1 Å². The van der Waals surface area contributed by atoms with E-state index in [9.17, 15) is 4.79 Å². The van der Waals surface area contributed by atoms with Crippen LogP contribution in [0.25, 0.3) is 11.4 Å². The summed E-state index contributed by atoms with van der Waals surface area (Å²) in [7, 11) is 1.60. The van der Waals surface area contributed by atoms with Crippen molar-refractivity contribution in [2.45, 2.75) is 19.9 Å². The second-order valence-corrected chi connectivity index (χ2v) is 7.69. The molecule has 4 rings (SSSR count). The molecule has 1 amide bonds. The third kappa shape index (κ3) is 5.54. The summed E-state index contributed by atoms with van der Waals surface area (Å²) in [6.07, 6.45) is 1.63. The largest absolute Gasteiger partial charge is 0.497 e. The van der Waals surface area contributed by atoms with E-state index in [1.54, 1.807) is 37.6 Å². The highest BCUT2D eigenvalue weighted by atomic mass is 16.5. The van der Waals surface area contributed by atoms with E-state index >= 15 is 0 Å². The van der Waals surface area contributed by atoms with Gasteiger partial charge in [0.15, 0.2) is 5.82 Å². The SMILES string of the molecule is COc1cccc(Oc2ccnc(-c3cccc(C(=O)N[C@@H](C)c4ccc(C)cc4)c3)n2)c1. The Morgan fingerprint density at radius 3 is 2.48 bits per heavy atom. The van der Waals surface area contributed by atoms with Crippen LogP contribution in [0.2, 0.25) is 0 Å². The summed E-state index contributed by atoms with van der Waals surface area (Å²) in [5.74, 6) is 2.01. The van der Waals surface area contributed by atoms with Crippen LogP contribution in [0.3, 0.4) is 0 Å². The molecule has 0 aliphatic heterocycles. The summed E-state index contributed by atoms with van der Waals surface area (Å²) < 4.78 is 11.1. The molecule has 0 spiro atoms. The van der Waals surface area contributed by atoms with Crippen molar-refractivity contribution in [2.24, 2.45) is 0 Å². The molecule has 0 saturated heterocycles.